The van der Waals surface area contributed by atoms with Crippen LogP contribution in [0.15, 0.2) is 65.7 Å². The molecule has 2 aromatic rings. The Kier molecular flexibility index (Phi) is 6.78. The Bertz CT molecular complexity index is 526. The monoisotopic (exact) mass is 304 g/mol. The standard InChI is InChI=1S/C16H15NO2.V/c1-2-19-16(18)17-15(13-9-5-3-6-10-13)14-11-7-4-8-12-14;/h3-12H,2H2,1H3;. The van der Waals surface area contributed by atoms with E-state index in [0.717, 1.165) is 11.1 Å². The summed E-state index contributed by atoms with van der Waals surface area (Å²) in [5, 5.41) is 0. The molecule has 1 radical (unpaired) electrons. The summed E-state index contributed by atoms with van der Waals surface area (Å²) >= 11 is 0. The zero-order valence-electron chi connectivity index (χ0n) is 11.2. The summed E-state index contributed by atoms with van der Waals surface area (Å²) < 4.78 is 4.89. The van der Waals surface area contributed by atoms with Gasteiger partial charge in [0.2, 0.25) is 0 Å². The normalized spacial score (nSPS) is 9.25. The van der Waals surface area contributed by atoms with Gasteiger partial charge >= 0.3 is 6.09 Å². The molecule has 0 saturated heterocycles. The zero-order chi connectivity index (χ0) is 13.5. The molecule has 0 bridgehead atoms. The van der Waals surface area contributed by atoms with E-state index < -0.39 is 6.09 Å². The maximum Gasteiger partial charge on any atom is 0.434 e. The topological polar surface area (TPSA) is 38.7 Å². The van der Waals surface area contributed by atoms with Crippen molar-refractivity contribution >= 4 is 11.8 Å². The van der Waals surface area contributed by atoms with Crippen molar-refractivity contribution in [1.82, 2.24) is 0 Å². The molecule has 0 aliphatic rings. The predicted molar refractivity (Wildman–Crippen MR) is 75.5 cm³/mol. The fourth-order valence-corrected chi connectivity index (χ4v) is 1.73. The van der Waals surface area contributed by atoms with Gasteiger partial charge in [-0.25, -0.2) is 4.79 Å². The van der Waals surface area contributed by atoms with Gasteiger partial charge in [0.1, 0.15) is 0 Å². The largest absolute Gasteiger partial charge is 0.448 e. The first-order valence-electron chi connectivity index (χ1n) is 6.17. The third-order valence-electron chi connectivity index (χ3n) is 2.57. The minimum Gasteiger partial charge on any atom is -0.448 e. The van der Waals surface area contributed by atoms with Crippen molar-refractivity contribution in [1.29, 1.82) is 0 Å². The molecule has 1 amide bonds. The van der Waals surface area contributed by atoms with Crippen molar-refractivity contribution in [2.75, 3.05) is 6.61 Å². The molecular formula is C16H15NO2V. The second kappa shape index (κ2) is 8.36. The Morgan fingerprint density at radius 2 is 1.40 bits per heavy atom. The van der Waals surface area contributed by atoms with Gasteiger partial charge in [0.25, 0.3) is 0 Å². The van der Waals surface area contributed by atoms with E-state index in [1.54, 1.807) is 6.92 Å². The molecule has 4 heteroatoms. The Hall–Kier alpha value is -1.84. The number of hydrogen-bond acceptors (Lipinski definition) is 2. The first-order valence-corrected chi connectivity index (χ1v) is 6.17. The zero-order valence-corrected chi connectivity index (χ0v) is 12.6. The second-order valence-corrected chi connectivity index (χ2v) is 3.89. The Morgan fingerprint density at radius 3 is 1.80 bits per heavy atom. The van der Waals surface area contributed by atoms with E-state index in [1.165, 1.54) is 0 Å². The molecule has 0 fully saturated rings. The molecule has 0 unspecified atom stereocenters. The first-order chi connectivity index (χ1) is 9.31. The van der Waals surface area contributed by atoms with Crippen molar-refractivity contribution in [2.45, 2.75) is 6.92 Å². The molecule has 0 heterocycles. The van der Waals surface area contributed by atoms with Gasteiger partial charge in [0, 0.05) is 29.7 Å². The third kappa shape index (κ3) is 4.37. The molecule has 0 atom stereocenters. The number of benzene rings is 2. The van der Waals surface area contributed by atoms with Gasteiger partial charge in [0.15, 0.2) is 0 Å². The molecule has 2 aromatic carbocycles. The molecule has 20 heavy (non-hydrogen) atoms. The SMILES string of the molecule is CCOC(=O)N=C(c1ccccc1)c1ccccc1.[V]. The fraction of sp³-hybridized carbons (Fsp3) is 0.125. The van der Waals surface area contributed by atoms with E-state index in [2.05, 4.69) is 4.99 Å². The number of carbonyl (C=O) groups is 1. The molecule has 0 aliphatic carbocycles. The van der Waals surface area contributed by atoms with Crippen LogP contribution in [-0.4, -0.2) is 18.4 Å². The quantitative estimate of drug-likeness (QED) is 0.811. The number of carbonyl (C=O) groups excluding carboxylic acids is 1. The van der Waals surface area contributed by atoms with Gasteiger partial charge in [-0.1, -0.05) is 60.7 Å². The van der Waals surface area contributed by atoms with Gasteiger partial charge in [-0.15, -0.1) is 0 Å². The average molecular weight is 304 g/mol. The number of rotatable bonds is 3. The number of hydrogen-bond donors (Lipinski definition) is 0. The smallest absolute Gasteiger partial charge is 0.434 e. The molecule has 3 nitrogen and oxygen atoms in total. The summed E-state index contributed by atoms with van der Waals surface area (Å²) in [6.45, 7) is 2.08. The Morgan fingerprint density at radius 1 is 0.950 bits per heavy atom. The summed E-state index contributed by atoms with van der Waals surface area (Å²) in [7, 11) is 0. The fourth-order valence-electron chi connectivity index (χ4n) is 1.73. The molecular weight excluding hydrogens is 289 g/mol. The molecule has 0 aliphatic heterocycles. The minimum absolute atomic E-state index is 0. The first kappa shape index (κ1) is 16.2. The maximum absolute atomic E-state index is 11.6. The van der Waals surface area contributed by atoms with E-state index in [-0.39, 0.29) is 18.6 Å². The average Bonchev–Trinajstić information content (AvgIpc) is 2.47. The van der Waals surface area contributed by atoms with E-state index in [1.807, 2.05) is 60.7 Å². The molecule has 0 N–H and O–H groups in total. The van der Waals surface area contributed by atoms with E-state index in [0.29, 0.717) is 12.3 Å². The summed E-state index contributed by atoms with van der Waals surface area (Å²) in [5.41, 5.74) is 2.41. The van der Waals surface area contributed by atoms with Gasteiger partial charge < -0.3 is 4.74 Å². The summed E-state index contributed by atoms with van der Waals surface area (Å²) in [4.78, 5) is 15.7. The van der Waals surface area contributed by atoms with Crippen molar-refractivity contribution in [3.63, 3.8) is 0 Å². The van der Waals surface area contributed by atoms with Crippen LogP contribution in [0, 0.1) is 0 Å². The summed E-state index contributed by atoms with van der Waals surface area (Å²) in [6.07, 6.45) is -0.565. The van der Waals surface area contributed by atoms with E-state index in [9.17, 15) is 4.79 Å². The van der Waals surface area contributed by atoms with Crippen LogP contribution in [-0.2, 0) is 23.3 Å². The number of nitrogens with zero attached hydrogens (tertiary/aromatic N) is 1. The number of ether oxygens (including phenoxy) is 1. The van der Waals surface area contributed by atoms with E-state index in [4.69, 9.17) is 4.74 Å². The molecule has 101 valence electrons. The van der Waals surface area contributed by atoms with Crippen LogP contribution in [0.2, 0.25) is 0 Å². The summed E-state index contributed by atoms with van der Waals surface area (Å²) in [5.74, 6) is 0. The second-order valence-electron chi connectivity index (χ2n) is 3.89. The van der Waals surface area contributed by atoms with Crippen LogP contribution in [0.25, 0.3) is 0 Å². The van der Waals surface area contributed by atoms with Crippen LogP contribution in [0.5, 0.6) is 0 Å². The maximum atomic E-state index is 11.6. The van der Waals surface area contributed by atoms with Crippen LogP contribution in [0.4, 0.5) is 4.79 Å². The van der Waals surface area contributed by atoms with Crippen molar-refractivity contribution < 1.29 is 28.1 Å². The Balaban J connectivity index is 0.00000200. The molecule has 0 spiro atoms. The van der Waals surface area contributed by atoms with Gasteiger partial charge in [-0.05, 0) is 6.92 Å². The minimum atomic E-state index is -0.565. The van der Waals surface area contributed by atoms with Crippen molar-refractivity contribution in [2.24, 2.45) is 4.99 Å². The molecule has 0 aromatic heterocycles. The van der Waals surface area contributed by atoms with Gasteiger partial charge in [-0.2, -0.15) is 4.99 Å². The molecule has 0 saturated carbocycles. The number of aliphatic imine (C=N–C) groups is 1. The van der Waals surface area contributed by atoms with E-state index >= 15 is 0 Å². The summed E-state index contributed by atoms with van der Waals surface area (Å²) in [6, 6.07) is 19.2. The van der Waals surface area contributed by atoms with Gasteiger partial charge in [-0.3, -0.25) is 0 Å². The van der Waals surface area contributed by atoms with Crippen LogP contribution < -0.4 is 0 Å². The van der Waals surface area contributed by atoms with Crippen molar-refractivity contribution in [3.05, 3.63) is 71.8 Å². The predicted octanol–water partition coefficient (Wildman–Crippen LogP) is 3.68. The third-order valence-corrected chi connectivity index (χ3v) is 2.57. The van der Waals surface area contributed by atoms with Crippen LogP contribution in [0.1, 0.15) is 18.1 Å². The van der Waals surface area contributed by atoms with Gasteiger partial charge in [0.05, 0.1) is 12.3 Å². The Labute approximate surface area is 130 Å². The molecule has 2 rings (SSSR count). The number of amides is 1. The van der Waals surface area contributed by atoms with Crippen LogP contribution >= 0.6 is 0 Å². The van der Waals surface area contributed by atoms with Crippen molar-refractivity contribution in [3.8, 4) is 0 Å². The van der Waals surface area contributed by atoms with Crippen LogP contribution in [0.3, 0.4) is 0 Å².